The minimum Gasteiger partial charge on any atom is -0.507 e. The molecule has 0 unspecified atom stereocenters. The van der Waals surface area contributed by atoms with Crippen molar-refractivity contribution in [1.82, 2.24) is 4.90 Å². The van der Waals surface area contributed by atoms with E-state index in [-0.39, 0.29) is 51.0 Å². The van der Waals surface area contributed by atoms with Gasteiger partial charge in [0, 0.05) is 55.6 Å². The number of rotatable bonds is 8. The summed E-state index contributed by atoms with van der Waals surface area (Å²) in [6.45, 7) is 2.02. The van der Waals surface area contributed by atoms with Gasteiger partial charge in [0.15, 0.2) is 31.2 Å². The Kier molecular flexibility index (Phi) is 9.42. The van der Waals surface area contributed by atoms with E-state index in [0.717, 1.165) is 0 Å². The van der Waals surface area contributed by atoms with Gasteiger partial charge in [-0.05, 0) is 13.0 Å². The molecule has 0 bridgehead atoms. The van der Waals surface area contributed by atoms with Crippen LogP contribution in [-0.4, -0.2) is 125 Å². The van der Waals surface area contributed by atoms with Crippen LogP contribution in [-0.2, 0) is 44.4 Å². The lowest BCUT2D eigenvalue weighted by Crippen LogP contribution is -2.55. The number of aliphatic hydroxyl groups is 1. The van der Waals surface area contributed by atoms with E-state index in [0.29, 0.717) is 13.2 Å². The van der Waals surface area contributed by atoms with Crippen LogP contribution in [0.1, 0.15) is 68.8 Å². The van der Waals surface area contributed by atoms with Crippen LogP contribution in [0.25, 0.3) is 0 Å². The summed E-state index contributed by atoms with van der Waals surface area (Å²) in [6, 6.07) is 4.23. The molecule has 268 valence electrons. The molecule has 5 aliphatic rings. The molecule has 16 heteroatoms. The maximum absolute atomic E-state index is 14.0. The van der Waals surface area contributed by atoms with Gasteiger partial charge in [-0.3, -0.25) is 24.1 Å². The highest BCUT2D eigenvalue weighted by atomic mass is 127. The summed E-state index contributed by atoms with van der Waals surface area (Å²) in [6.07, 6.45) is -5.01. The molecule has 2 aromatic rings. The Morgan fingerprint density at radius 1 is 1.08 bits per heavy atom. The molecule has 3 saturated heterocycles. The predicted octanol–water partition coefficient (Wildman–Crippen LogP) is 1.70. The Morgan fingerprint density at radius 3 is 2.56 bits per heavy atom. The number of methoxy groups -OCH3 is 2. The van der Waals surface area contributed by atoms with Gasteiger partial charge in [-0.2, -0.15) is 0 Å². The van der Waals surface area contributed by atoms with Crippen molar-refractivity contribution in [1.29, 1.82) is 0 Å². The number of fused-ring (bicyclic) bond motifs is 6. The molecule has 0 spiro atoms. The van der Waals surface area contributed by atoms with Gasteiger partial charge in [0.25, 0.3) is 0 Å². The normalized spacial score (nSPS) is 31.6. The van der Waals surface area contributed by atoms with E-state index < -0.39 is 102 Å². The second-order valence-corrected chi connectivity index (χ2v) is 13.7. The fraction of sp³-hybridized carbons (Fsp3) is 0.529. The minimum atomic E-state index is -2.27. The molecule has 0 amide bonds. The zero-order chi connectivity index (χ0) is 35.6. The first-order chi connectivity index (χ1) is 23.9. The molecule has 3 N–H and O–H groups in total. The third kappa shape index (κ3) is 5.60. The second-order valence-electron chi connectivity index (χ2n) is 12.9. The Bertz CT molecular complexity index is 1770. The molecule has 15 nitrogen and oxygen atoms in total. The van der Waals surface area contributed by atoms with Crippen LogP contribution in [0.4, 0.5) is 0 Å². The average molecular weight is 810 g/mol. The number of Topliss-reactive ketones (excluding diaryl/α,β-unsaturated/α-hetero) is 1. The number of alkyl halides is 1. The number of phenolic OH excluding ortho intramolecular Hbond substituents is 2. The summed E-state index contributed by atoms with van der Waals surface area (Å²) in [7, 11) is 2.87. The van der Waals surface area contributed by atoms with E-state index in [4.69, 9.17) is 33.2 Å². The van der Waals surface area contributed by atoms with Crippen molar-refractivity contribution in [2.45, 2.75) is 74.9 Å². The fourth-order valence-electron chi connectivity index (χ4n) is 7.86. The van der Waals surface area contributed by atoms with Crippen LogP contribution < -0.4 is 4.74 Å². The molecule has 8 atom stereocenters. The first-order valence-electron chi connectivity index (χ1n) is 16.1. The number of esters is 1. The summed E-state index contributed by atoms with van der Waals surface area (Å²) in [4.78, 5) is 55.3. The number of hydrogen-bond donors (Lipinski definition) is 3. The molecule has 0 aromatic heterocycles. The molecule has 2 aromatic carbocycles. The molecule has 2 aliphatic carbocycles. The summed E-state index contributed by atoms with van der Waals surface area (Å²) in [5.74, 6) is -4.30. The van der Waals surface area contributed by atoms with E-state index in [2.05, 4.69) is 4.90 Å². The predicted molar refractivity (Wildman–Crippen MR) is 176 cm³/mol. The van der Waals surface area contributed by atoms with Crippen molar-refractivity contribution in [2.75, 3.05) is 38.4 Å². The van der Waals surface area contributed by atoms with Gasteiger partial charge in [-0.1, -0.05) is 34.7 Å². The van der Waals surface area contributed by atoms with Crippen molar-refractivity contribution >= 4 is 45.9 Å². The highest BCUT2D eigenvalue weighted by Crippen LogP contribution is 2.53. The van der Waals surface area contributed by atoms with E-state index in [1.165, 1.54) is 32.4 Å². The number of morpholine rings is 1. The van der Waals surface area contributed by atoms with Crippen molar-refractivity contribution in [3.05, 3.63) is 51.6 Å². The summed E-state index contributed by atoms with van der Waals surface area (Å²) in [5, 5.41) is 35.5. The number of phenols is 2. The Morgan fingerprint density at radius 2 is 1.84 bits per heavy atom. The van der Waals surface area contributed by atoms with Crippen molar-refractivity contribution < 1.29 is 67.7 Å². The van der Waals surface area contributed by atoms with E-state index >= 15 is 0 Å². The number of halogens is 1. The van der Waals surface area contributed by atoms with Crippen LogP contribution >= 0.6 is 22.6 Å². The molecule has 3 aliphatic heterocycles. The maximum Gasteiger partial charge on any atom is 0.316 e. The lowest BCUT2D eigenvalue weighted by Gasteiger charge is -2.43. The zero-order valence-corrected chi connectivity index (χ0v) is 29.5. The fourth-order valence-corrected chi connectivity index (χ4v) is 8.08. The largest absolute Gasteiger partial charge is 0.507 e. The Labute approximate surface area is 299 Å². The maximum atomic E-state index is 14.0. The number of carbonyl (C=O) groups is 4. The van der Waals surface area contributed by atoms with Gasteiger partial charge >= 0.3 is 5.97 Å². The molecule has 7 rings (SSSR count). The number of ketones is 3. The first-order valence-corrected chi connectivity index (χ1v) is 17.7. The van der Waals surface area contributed by atoms with Crippen LogP contribution in [0.3, 0.4) is 0 Å². The summed E-state index contributed by atoms with van der Waals surface area (Å²) in [5.41, 5.74) is -3.57. The number of aromatic hydroxyl groups is 2. The lowest BCUT2D eigenvalue weighted by molar-refractivity contribution is -0.256. The van der Waals surface area contributed by atoms with Gasteiger partial charge < -0.3 is 48.5 Å². The molecule has 50 heavy (non-hydrogen) atoms. The molecule has 3 heterocycles. The average Bonchev–Trinajstić information content (AvgIpc) is 3.49. The zero-order valence-electron chi connectivity index (χ0n) is 27.4. The summed E-state index contributed by atoms with van der Waals surface area (Å²) < 4.78 is 40.6. The van der Waals surface area contributed by atoms with Gasteiger partial charge in [-0.25, -0.2) is 0 Å². The summed E-state index contributed by atoms with van der Waals surface area (Å²) >= 11 is 1.78. The van der Waals surface area contributed by atoms with E-state index in [1.807, 2.05) is 6.92 Å². The molecule has 0 radical (unpaired) electrons. The van der Waals surface area contributed by atoms with Gasteiger partial charge in [-0.15, -0.1) is 0 Å². The highest BCUT2D eigenvalue weighted by Gasteiger charge is 2.55. The topological polar surface area (TPSA) is 197 Å². The molecular formula is C34H36INO14. The van der Waals surface area contributed by atoms with E-state index in [1.54, 1.807) is 22.6 Å². The number of ether oxygens (including phenoxy) is 7. The highest BCUT2D eigenvalue weighted by molar-refractivity contribution is 14.1. The third-order valence-electron chi connectivity index (χ3n) is 10.2. The standard InChI is InChI=1S/C34H36INO14/c1-14-31-17(36-7-8-46-33(45-3)32(36)50-31)9-22(48-14)49-19-11-34(43,20(37)13-47-21(38)12-35)10-16-24(19)30(42)26-25(28(16)40)27(39)15-5-4-6-18(44-2)23(15)29(26)41/h4-6,14,17,19,22,31-33,40,42-43H,7-13H2,1-3H3/t14-,17-,19-,22-,31+,32+,33-,34-/m0/s1. The molecule has 3 fully saturated rings. The minimum absolute atomic E-state index is 0.0283. The van der Waals surface area contributed by atoms with Crippen LogP contribution in [0.5, 0.6) is 17.2 Å². The first kappa shape index (κ1) is 35.2. The van der Waals surface area contributed by atoms with Gasteiger partial charge in [0.05, 0.1) is 47.0 Å². The van der Waals surface area contributed by atoms with Crippen LogP contribution in [0.15, 0.2) is 18.2 Å². The monoisotopic (exact) mass is 809 g/mol. The van der Waals surface area contributed by atoms with Crippen molar-refractivity contribution in [3.8, 4) is 17.2 Å². The number of nitrogens with zero attached hydrogens (tertiary/aromatic N) is 1. The SMILES string of the molecule is COc1cccc2c1C(=O)c1c(O)c3c(c(O)c1C2=O)C[C@@](O)(C(=O)COC(=O)CI)C[C@@H]3O[C@H]1C[C@H]2[C@H](O[C@@H]3[C@@H](OC)OCCN32)[C@H](C)O1. The lowest BCUT2D eigenvalue weighted by atomic mass is 9.72. The van der Waals surface area contributed by atoms with Gasteiger partial charge in [0.2, 0.25) is 11.6 Å². The Balaban J connectivity index is 1.29. The van der Waals surface area contributed by atoms with Crippen molar-refractivity contribution in [2.24, 2.45) is 0 Å². The quantitative estimate of drug-likeness (QED) is 0.129. The smallest absolute Gasteiger partial charge is 0.316 e. The third-order valence-corrected chi connectivity index (χ3v) is 10.8. The van der Waals surface area contributed by atoms with E-state index in [9.17, 15) is 34.5 Å². The van der Waals surface area contributed by atoms with Crippen molar-refractivity contribution in [3.63, 3.8) is 0 Å². The number of benzene rings is 2. The Hall–Kier alpha value is -3.23. The number of hydrogen-bond acceptors (Lipinski definition) is 15. The molecular weight excluding hydrogens is 773 g/mol. The van der Waals surface area contributed by atoms with Crippen LogP contribution in [0, 0.1) is 0 Å². The second kappa shape index (κ2) is 13.4. The van der Waals surface area contributed by atoms with Gasteiger partial charge in [0.1, 0.15) is 29.0 Å². The number of carbonyl (C=O) groups excluding carboxylic acids is 4. The molecule has 0 saturated carbocycles. The van der Waals surface area contributed by atoms with Crippen LogP contribution in [0.2, 0.25) is 0 Å².